The third kappa shape index (κ3) is 2.42. The molecule has 2 aromatic rings. The zero-order valence-corrected chi connectivity index (χ0v) is 9.69. The van der Waals surface area contributed by atoms with Gasteiger partial charge in [-0.15, -0.1) is 0 Å². The lowest BCUT2D eigenvalue weighted by molar-refractivity contribution is 0.0593. The number of H-pyrrole nitrogens is 2. The molecule has 1 aromatic heterocycles. The Balaban J connectivity index is 2.34. The van der Waals surface area contributed by atoms with E-state index in [0.29, 0.717) is 12.1 Å². The highest BCUT2D eigenvalue weighted by molar-refractivity contribution is 5.88. The molecule has 0 atom stereocenters. The Hall–Kier alpha value is -2.50. The summed E-state index contributed by atoms with van der Waals surface area (Å²) in [4.78, 5) is 27.6. The van der Waals surface area contributed by atoms with Crippen LogP contribution in [-0.2, 0) is 11.2 Å². The van der Waals surface area contributed by atoms with E-state index in [1.165, 1.54) is 7.11 Å². The van der Waals surface area contributed by atoms with Gasteiger partial charge in [-0.3, -0.25) is 4.98 Å². The van der Waals surface area contributed by atoms with Crippen LogP contribution >= 0.6 is 0 Å². The van der Waals surface area contributed by atoms with Gasteiger partial charge in [0.25, 0.3) is 0 Å². The van der Waals surface area contributed by atoms with E-state index in [0.717, 1.165) is 5.56 Å². The van der Waals surface area contributed by atoms with E-state index < -0.39 is 11.7 Å². The second kappa shape index (κ2) is 4.79. The molecule has 0 aliphatic heterocycles. The summed E-state index contributed by atoms with van der Waals surface area (Å²) in [6.45, 7) is 0. The summed E-state index contributed by atoms with van der Waals surface area (Å²) in [6, 6.07) is 6.58. The van der Waals surface area contributed by atoms with E-state index in [1.807, 2.05) is 0 Å². The van der Waals surface area contributed by atoms with Crippen molar-refractivity contribution in [1.29, 1.82) is 0 Å². The Morgan fingerprint density at radius 2 is 2.17 bits per heavy atom. The van der Waals surface area contributed by atoms with Crippen LogP contribution in [0.2, 0.25) is 0 Å². The largest absolute Gasteiger partial charge is 0.508 e. The van der Waals surface area contributed by atoms with Crippen molar-refractivity contribution in [2.24, 2.45) is 0 Å². The molecular weight excluding hydrogens is 236 g/mol. The normalized spacial score (nSPS) is 10.3. The van der Waals surface area contributed by atoms with Gasteiger partial charge in [-0.2, -0.15) is 0 Å². The summed E-state index contributed by atoms with van der Waals surface area (Å²) in [5.74, 6) is -0.478. The molecule has 3 N–H and O–H groups in total. The third-order valence-electron chi connectivity index (χ3n) is 2.49. The van der Waals surface area contributed by atoms with Crippen molar-refractivity contribution in [3.05, 3.63) is 51.7 Å². The van der Waals surface area contributed by atoms with Crippen LogP contribution < -0.4 is 5.69 Å². The predicted molar refractivity (Wildman–Crippen MR) is 63.7 cm³/mol. The van der Waals surface area contributed by atoms with Gasteiger partial charge in [0.05, 0.1) is 12.8 Å². The molecule has 2 rings (SSSR count). The summed E-state index contributed by atoms with van der Waals surface area (Å²) in [5.41, 5.74) is 0.837. The Morgan fingerprint density at radius 3 is 2.83 bits per heavy atom. The molecule has 0 bridgehead atoms. The molecule has 1 heterocycles. The maximum absolute atomic E-state index is 11.4. The molecule has 0 aliphatic carbocycles. The summed E-state index contributed by atoms with van der Waals surface area (Å²) < 4.78 is 4.57. The number of phenolic OH excluding ortho intramolecular Hbond substituents is 1. The fraction of sp³-hybridized carbons (Fsp3) is 0.167. The number of carbonyl (C=O) groups is 1. The highest BCUT2D eigenvalue weighted by Gasteiger charge is 2.15. The fourth-order valence-electron chi connectivity index (χ4n) is 1.70. The molecule has 6 nitrogen and oxygen atoms in total. The predicted octanol–water partition coefficient (Wildman–Crippen LogP) is 0.786. The molecule has 0 amide bonds. The van der Waals surface area contributed by atoms with Crippen LogP contribution in [0.15, 0.2) is 29.1 Å². The first-order valence-corrected chi connectivity index (χ1v) is 5.27. The quantitative estimate of drug-likeness (QED) is 0.700. The number of hydrogen-bond acceptors (Lipinski definition) is 4. The Kier molecular flexibility index (Phi) is 3.18. The smallest absolute Gasteiger partial charge is 0.356 e. The van der Waals surface area contributed by atoms with Crippen LogP contribution in [-0.4, -0.2) is 28.2 Å². The van der Waals surface area contributed by atoms with Crippen LogP contribution in [0.25, 0.3) is 0 Å². The molecular formula is C12H12N2O4. The van der Waals surface area contributed by atoms with E-state index in [2.05, 4.69) is 14.7 Å². The van der Waals surface area contributed by atoms with Gasteiger partial charge in [0.2, 0.25) is 0 Å². The lowest BCUT2D eigenvalue weighted by Gasteiger charge is -2.02. The summed E-state index contributed by atoms with van der Waals surface area (Å²) in [6.07, 6.45) is 0.317. The molecule has 0 saturated heterocycles. The lowest BCUT2D eigenvalue weighted by Crippen LogP contribution is -2.07. The summed E-state index contributed by atoms with van der Waals surface area (Å²) in [7, 11) is 1.24. The van der Waals surface area contributed by atoms with Crippen molar-refractivity contribution in [3.63, 3.8) is 0 Å². The summed E-state index contributed by atoms with van der Waals surface area (Å²) in [5, 5.41) is 9.35. The molecule has 1 aromatic carbocycles. The summed E-state index contributed by atoms with van der Waals surface area (Å²) >= 11 is 0. The Morgan fingerprint density at radius 1 is 1.39 bits per heavy atom. The van der Waals surface area contributed by atoms with Crippen molar-refractivity contribution < 1.29 is 14.6 Å². The standard InChI is InChI=1S/C12H12N2O4/c1-18-11(16)10-9(13-12(17)14-10)6-7-3-2-4-8(15)5-7/h2-5,15H,6H2,1H3,(H2,13,14,17). The van der Waals surface area contributed by atoms with Gasteiger partial charge >= 0.3 is 11.7 Å². The third-order valence-corrected chi connectivity index (χ3v) is 2.49. The van der Waals surface area contributed by atoms with Crippen molar-refractivity contribution >= 4 is 5.97 Å². The topological polar surface area (TPSA) is 95.2 Å². The van der Waals surface area contributed by atoms with Crippen LogP contribution in [0.4, 0.5) is 0 Å². The van der Waals surface area contributed by atoms with E-state index in [1.54, 1.807) is 24.3 Å². The first-order valence-electron chi connectivity index (χ1n) is 5.27. The number of aromatic nitrogens is 2. The minimum Gasteiger partial charge on any atom is -0.508 e. The molecule has 18 heavy (non-hydrogen) atoms. The SMILES string of the molecule is COC(=O)c1[nH]c(=O)[nH]c1Cc1cccc(O)c1. The number of phenols is 1. The number of methoxy groups -OCH3 is 1. The van der Waals surface area contributed by atoms with E-state index in [4.69, 9.17) is 0 Å². The van der Waals surface area contributed by atoms with Gasteiger partial charge in [0.1, 0.15) is 11.4 Å². The van der Waals surface area contributed by atoms with Gasteiger partial charge in [-0.25, -0.2) is 9.59 Å². The van der Waals surface area contributed by atoms with E-state index in [9.17, 15) is 14.7 Å². The number of esters is 1. The van der Waals surface area contributed by atoms with Gasteiger partial charge in [-0.1, -0.05) is 12.1 Å². The van der Waals surface area contributed by atoms with Crippen LogP contribution in [0.1, 0.15) is 21.7 Å². The minimum atomic E-state index is -0.608. The average Bonchev–Trinajstić information content (AvgIpc) is 2.69. The van der Waals surface area contributed by atoms with Gasteiger partial charge in [0, 0.05) is 6.42 Å². The number of aromatic amines is 2. The number of rotatable bonds is 3. The van der Waals surface area contributed by atoms with E-state index >= 15 is 0 Å². The van der Waals surface area contributed by atoms with Gasteiger partial charge in [-0.05, 0) is 17.7 Å². The molecule has 0 radical (unpaired) electrons. The highest BCUT2D eigenvalue weighted by atomic mass is 16.5. The molecule has 0 saturated carbocycles. The maximum Gasteiger partial charge on any atom is 0.356 e. The van der Waals surface area contributed by atoms with E-state index in [-0.39, 0.29) is 11.4 Å². The van der Waals surface area contributed by atoms with Crippen molar-refractivity contribution in [1.82, 2.24) is 9.97 Å². The minimum absolute atomic E-state index is 0.103. The molecule has 0 fully saturated rings. The van der Waals surface area contributed by atoms with Crippen LogP contribution in [0.5, 0.6) is 5.75 Å². The van der Waals surface area contributed by atoms with Crippen molar-refractivity contribution in [2.75, 3.05) is 7.11 Å². The van der Waals surface area contributed by atoms with Gasteiger partial charge in [0.15, 0.2) is 0 Å². The number of benzene rings is 1. The van der Waals surface area contributed by atoms with Crippen LogP contribution in [0.3, 0.4) is 0 Å². The monoisotopic (exact) mass is 248 g/mol. The molecule has 0 aliphatic rings. The highest BCUT2D eigenvalue weighted by Crippen LogP contribution is 2.15. The first kappa shape index (κ1) is 12.0. The maximum atomic E-state index is 11.4. The number of nitrogens with one attached hydrogen (secondary N) is 2. The second-order valence-electron chi connectivity index (χ2n) is 3.77. The van der Waals surface area contributed by atoms with Gasteiger partial charge < -0.3 is 14.8 Å². The Labute approximate surface area is 102 Å². The zero-order chi connectivity index (χ0) is 13.1. The van der Waals surface area contributed by atoms with Crippen molar-refractivity contribution in [2.45, 2.75) is 6.42 Å². The molecule has 6 heteroatoms. The second-order valence-corrected chi connectivity index (χ2v) is 3.77. The molecule has 94 valence electrons. The first-order chi connectivity index (χ1) is 8.60. The fourth-order valence-corrected chi connectivity index (χ4v) is 1.70. The zero-order valence-electron chi connectivity index (χ0n) is 9.69. The number of imidazole rings is 1. The number of aromatic hydroxyl groups is 1. The lowest BCUT2D eigenvalue weighted by atomic mass is 10.1. The average molecular weight is 248 g/mol. The van der Waals surface area contributed by atoms with Crippen molar-refractivity contribution in [3.8, 4) is 5.75 Å². The molecule has 0 unspecified atom stereocenters. The Bertz CT molecular complexity index is 627. The number of hydrogen-bond donors (Lipinski definition) is 3. The van der Waals surface area contributed by atoms with Crippen LogP contribution in [0, 0.1) is 0 Å². The number of carbonyl (C=O) groups excluding carboxylic acids is 1. The number of ether oxygens (including phenoxy) is 1. The molecule has 0 spiro atoms.